The van der Waals surface area contributed by atoms with Crippen LogP contribution in [-0.4, -0.2) is 11.0 Å². The van der Waals surface area contributed by atoms with Crippen molar-refractivity contribution >= 4 is 30.4 Å². The highest BCUT2D eigenvalue weighted by molar-refractivity contribution is 7.82. The summed E-state index contributed by atoms with van der Waals surface area (Å²) in [6.07, 6.45) is 5.62. The van der Waals surface area contributed by atoms with Crippen LogP contribution in [0.15, 0.2) is 27.9 Å². The van der Waals surface area contributed by atoms with Gasteiger partial charge in [-0.3, -0.25) is 0 Å². The van der Waals surface area contributed by atoms with Gasteiger partial charge >= 0.3 is 0 Å². The number of hydrogen-bond donors (Lipinski definition) is 1. The van der Waals surface area contributed by atoms with Gasteiger partial charge in [-0.05, 0) is 19.4 Å². The minimum absolute atomic E-state index is 0.280. The summed E-state index contributed by atoms with van der Waals surface area (Å²) in [6, 6.07) is 0. The summed E-state index contributed by atoms with van der Waals surface area (Å²) in [5.41, 5.74) is 0.973. The third-order valence-corrected chi connectivity index (χ3v) is 2.10. The minimum atomic E-state index is -0.280. The Balaban J connectivity index is 3.01. The van der Waals surface area contributed by atoms with Crippen LogP contribution in [-0.2, 0) is 0 Å². The Morgan fingerprint density at radius 2 is 2.27 bits per heavy atom. The van der Waals surface area contributed by atoms with Crippen LogP contribution in [0.4, 0.5) is 0 Å². The van der Waals surface area contributed by atoms with E-state index < -0.39 is 0 Å². The summed E-state index contributed by atoms with van der Waals surface area (Å²) in [7, 11) is 0. The zero-order valence-corrected chi connectivity index (χ0v) is 8.15. The second kappa shape index (κ2) is 3.03. The van der Waals surface area contributed by atoms with Crippen molar-refractivity contribution in [2.45, 2.75) is 18.6 Å². The van der Waals surface area contributed by atoms with E-state index in [1.807, 2.05) is 26.0 Å². The van der Waals surface area contributed by atoms with E-state index in [-0.39, 0.29) is 4.75 Å². The van der Waals surface area contributed by atoms with Crippen molar-refractivity contribution in [2.75, 3.05) is 0 Å². The first-order valence-electron chi connectivity index (χ1n) is 3.34. The predicted octanol–water partition coefficient (Wildman–Crippen LogP) is 2.79. The fourth-order valence-corrected chi connectivity index (χ4v) is 0.939. The smallest absolute Gasteiger partial charge is 0.131 e. The van der Waals surface area contributed by atoms with Crippen molar-refractivity contribution in [2.24, 2.45) is 4.99 Å². The molecule has 1 aliphatic heterocycles. The molecule has 0 saturated carbocycles. The maximum atomic E-state index is 5.80. The number of aliphatic imine (C=N–C) groups is 1. The third kappa shape index (κ3) is 2.38. The van der Waals surface area contributed by atoms with Gasteiger partial charge in [0.25, 0.3) is 0 Å². The van der Waals surface area contributed by atoms with E-state index in [0.717, 1.165) is 5.57 Å². The normalized spacial score (nSPS) is 30.9. The molecule has 0 spiro atoms. The number of hydrogen-bond acceptors (Lipinski definition) is 2. The van der Waals surface area contributed by atoms with E-state index in [1.165, 1.54) is 0 Å². The summed E-state index contributed by atoms with van der Waals surface area (Å²) in [6.45, 7) is 3.88. The average molecular weight is 188 g/mol. The standard InChI is InChI=1S/C8H10ClNS/c1-6-3-4-8(2,11)5-10-7(6)9/h3-5,11H,1-2H3. The molecule has 1 aliphatic rings. The second-order valence-corrected chi connectivity index (χ2v) is 4.11. The van der Waals surface area contributed by atoms with Crippen molar-refractivity contribution in [3.05, 3.63) is 22.9 Å². The van der Waals surface area contributed by atoms with E-state index in [4.69, 9.17) is 11.6 Å². The van der Waals surface area contributed by atoms with Crippen molar-refractivity contribution in [1.29, 1.82) is 0 Å². The zero-order valence-electron chi connectivity index (χ0n) is 6.50. The van der Waals surface area contributed by atoms with Crippen LogP contribution in [0.3, 0.4) is 0 Å². The van der Waals surface area contributed by atoms with Gasteiger partial charge in [-0.2, -0.15) is 12.6 Å². The quantitative estimate of drug-likeness (QED) is 0.443. The van der Waals surface area contributed by atoms with Gasteiger partial charge in [0.15, 0.2) is 0 Å². The molecule has 3 heteroatoms. The molecule has 1 unspecified atom stereocenters. The van der Waals surface area contributed by atoms with Crippen molar-refractivity contribution in [1.82, 2.24) is 0 Å². The molecular formula is C8H10ClNS. The zero-order chi connectivity index (χ0) is 8.48. The van der Waals surface area contributed by atoms with Gasteiger partial charge in [-0.25, -0.2) is 4.99 Å². The highest BCUT2D eigenvalue weighted by Gasteiger charge is 2.13. The number of allylic oxidation sites excluding steroid dienone is 2. The summed E-state index contributed by atoms with van der Waals surface area (Å²) in [5, 5.41) is 0.541. The van der Waals surface area contributed by atoms with Gasteiger partial charge < -0.3 is 0 Å². The number of halogens is 1. The Bertz CT molecular complexity index is 227. The van der Waals surface area contributed by atoms with Crippen LogP contribution in [0.1, 0.15) is 13.8 Å². The van der Waals surface area contributed by atoms with Crippen LogP contribution in [0.2, 0.25) is 0 Å². The monoisotopic (exact) mass is 187 g/mol. The molecule has 0 bridgehead atoms. The van der Waals surface area contributed by atoms with Crippen molar-refractivity contribution in [3.63, 3.8) is 0 Å². The molecule has 0 N–H and O–H groups in total. The molecule has 0 radical (unpaired) electrons. The summed E-state index contributed by atoms with van der Waals surface area (Å²) >= 11 is 10.1. The molecule has 0 aromatic carbocycles. The molecule has 1 nitrogen and oxygen atoms in total. The lowest BCUT2D eigenvalue weighted by molar-refractivity contribution is 1.10. The highest BCUT2D eigenvalue weighted by Crippen LogP contribution is 2.21. The van der Waals surface area contributed by atoms with E-state index in [2.05, 4.69) is 17.6 Å². The first kappa shape index (κ1) is 8.88. The highest BCUT2D eigenvalue weighted by atomic mass is 35.5. The van der Waals surface area contributed by atoms with Gasteiger partial charge in [-0.15, -0.1) is 0 Å². The van der Waals surface area contributed by atoms with E-state index in [9.17, 15) is 0 Å². The Morgan fingerprint density at radius 1 is 1.64 bits per heavy atom. The molecule has 0 fully saturated rings. The molecule has 0 aromatic heterocycles. The average Bonchev–Trinajstić information content (AvgIpc) is 2.03. The summed E-state index contributed by atoms with van der Waals surface area (Å²) in [4.78, 5) is 4.04. The second-order valence-electron chi connectivity index (χ2n) is 2.79. The van der Waals surface area contributed by atoms with E-state index in [0.29, 0.717) is 5.16 Å². The molecule has 1 heterocycles. The molecule has 0 aromatic rings. The minimum Gasteiger partial charge on any atom is -0.247 e. The van der Waals surface area contributed by atoms with Gasteiger partial charge in [0.1, 0.15) is 5.16 Å². The Hall–Kier alpha value is -0.210. The molecule has 1 rings (SSSR count). The number of nitrogens with zero attached hydrogens (tertiary/aromatic N) is 1. The molecule has 60 valence electrons. The van der Waals surface area contributed by atoms with E-state index in [1.54, 1.807) is 6.21 Å². The predicted molar refractivity (Wildman–Crippen MR) is 53.6 cm³/mol. The Labute approximate surface area is 77.3 Å². The van der Waals surface area contributed by atoms with E-state index >= 15 is 0 Å². The van der Waals surface area contributed by atoms with Crippen LogP contribution in [0.5, 0.6) is 0 Å². The molecule has 11 heavy (non-hydrogen) atoms. The lowest BCUT2D eigenvalue weighted by Crippen LogP contribution is -2.13. The van der Waals surface area contributed by atoms with Crippen LogP contribution < -0.4 is 0 Å². The molecule has 0 aliphatic carbocycles. The molecule has 0 saturated heterocycles. The van der Waals surface area contributed by atoms with Crippen molar-refractivity contribution < 1.29 is 0 Å². The topological polar surface area (TPSA) is 12.4 Å². The van der Waals surface area contributed by atoms with Crippen LogP contribution >= 0.6 is 24.2 Å². The number of rotatable bonds is 0. The van der Waals surface area contributed by atoms with Crippen molar-refractivity contribution in [3.8, 4) is 0 Å². The Kier molecular flexibility index (Phi) is 2.45. The fourth-order valence-electron chi connectivity index (χ4n) is 0.695. The van der Waals surface area contributed by atoms with Gasteiger partial charge in [0, 0.05) is 6.21 Å². The molecule has 0 amide bonds. The first-order chi connectivity index (χ1) is 5.01. The first-order valence-corrected chi connectivity index (χ1v) is 4.17. The maximum Gasteiger partial charge on any atom is 0.131 e. The van der Waals surface area contributed by atoms with Gasteiger partial charge in [0.2, 0.25) is 0 Å². The lowest BCUT2D eigenvalue weighted by Gasteiger charge is -2.09. The largest absolute Gasteiger partial charge is 0.247 e. The maximum absolute atomic E-state index is 5.80. The van der Waals surface area contributed by atoms with Crippen LogP contribution in [0, 0.1) is 0 Å². The SMILES string of the molecule is CC1=C(Cl)N=CC(C)(S)C=C1. The van der Waals surface area contributed by atoms with Crippen LogP contribution in [0.25, 0.3) is 0 Å². The molecule has 1 atom stereocenters. The third-order valence-electron chi connectivity index (χ3n) is 1.44. The lowest BCUT2D eigenvalue weighted by atomic mass is 10.1. The number of thiol groups is 1. The van der Waals surface area contributed by atoms with Gasteiger partial charge in [-0.1, -0.05) is 23.8 Å². The summed E-state index contributed by atoms with van der Waals surface area (Å²) < 4.78 is -0.280. The fraction of sp³-hybridized carbons (Fsp3) is 0.375. The van der Waals surface area contributed by atoms with Gasteiger partial charge in [0.05, 0.1) is 4.75 Å². The molecular weight excluding hydrogens is 178 g/mol. The Morgan fingerprint density at radius 3 is 2.91 bits per heavy atom. The summed E-state index contributed by atoms with van der Waals surface area (Å²) in [5.74, 6) is 0.